The van der Waals surface area contributed by atoms with Crippen molar-refractivity contribution >= 4 is 21.8 Å². The van der Waals surface area contributed by atoms with Gasteiger partial charge < -0.3 is 5.32 Å². The van der Waals surface area contributed by atoms with E-state index in [0.29, 0.717) is 12.5 Å². The molecule has 0 atom stereocenters. The van der Waals surface area contributed by atoms with Crippen LogP contribution >= 0.6 is 15.9 Å². The van der Waals surface area contributed by atoms with E-state index in [4.69, 9.17) is 0 Å². The van der Waals surface area contributed by atoms with Crippen LogP contribution in [0.5, 0.6) is 0 Å². The molecule has 0 spiro atoms. The van der Waals surface area contributed by atoms with Crippen LogP contribution in [0.2, 0.25) is 0 Å². The molecule has 0 heterocycles. The van der Waals surface area contributed by atoms with Crippen molar-refractivity contribution in [3.63, 3.8) is 0 Å². The molecular weight excluding hydrogens is 292 g/mol. The fourth-order valence-electron chi connectivity index (χ4n) is 1.25. The Hall–Kier alpha value is -0.970. The molecule has 1 N–H and O–H groups in total. The van der Waals surface area contributed by atoms with E-state index in [2.05, 4.69) is 21.2 Å². The predicted molar refractivity (Wildman–Crippen MR) is 65.6 cm³/mol. The van der Waals surface area contributed by atoms with Crippen LogP contribution in [0.15, 0.2) is 16.6 Å². The maximum absolute atomic E-state index is 13.4. The van der Waals surface area contributed by atoms with Gasteiger partial charge in [-0.15, -0.1) is 0 Å². The Morgan fingerprint density at radius 3 is 2.59 bits per heavy atom. The van der Waals surface area contributed by atoms with E-state index in [1.54, 1.807) is 0 Å². The standard InChI is InChI=1S/C12H14BrF2NO/c1-7(2)6-16-12(17)4-8-3-11(15)9(13)5-10(8)14/h3,5,7H,4,6H2,1-2H3,(H,16,17). The molecule has 94 valence electrons. The van der Waals surface area contributed by atoms with Crippen LogP contribution in [0.4, 0.5) is 8.78 Å². The summed E-state index contributed by atoms with van der Waals surface area (Å²) in [6, 6.07) is 2.06. The fourth-order valence-corrected chi connectivity index (χ4v) is 1.57. The first-order chi connectivity index (χ1) is 7.90. The lowest BCUT2D eigenvalue weighted by Crippen LogP contribution is -2.29. The van der Waals surface area contributed by atoms with Crippen molar-refractivity contribution in [2.24, 2.45) is 5.92 Å². The van der Waals surface area contributed by atoms with Crippen molar-refractivity contribution in [3.05, 3.63) is 33.8 Å². The Kier molecular flexibility index (Phi) is 5.05. The number of amides is 1. The van der Waals surface area contributed by atoms with Gasteiger partial charge in [0.25, 0.3) is 0 Å². The summed E-state index contributed by atoms with van der Waals surface area (Å²) in [6.07, 6.45) is -0.150. The van der Waals surface area contributed by atoms with Crippen LogP contribution in [-0.2, 0) is 11.2 Å². The van der Waals surface area contributed by atoms with E-state index in [1.165, 1.54) is 0 Å². The second kappa shape index (κ2) is 6.10. The molecule has 0 fully saturated rings. The largest absolute Gasteiger partial charge is 0.356 e. The van der Waals surface area contributed by atoms with Gasteiger partial charge in [-0.3, -0.25) is 4.79 Å². The van der Waals surface area contributed by atoms with Gasteiger partial charge in [-0.05, 0) is 34.0 Å². The highest BCUT2D eigenvalue weighted by atomic mass is 79.9. The van der Waals surface area contributed by atoms with Crippen LogP contribution in [0.3, 0.4) is 0 Å². The third kappa shape index (κ3) is 4.42. The third-order valence-electron chi connectivity index (χ3n) is 2.15. The molecule has 0 aliphatic carbocycles. The van der Waals surface area contributed by atoms with Crippen LogP contribution in [0, 0.1) is 17.6 Å². The minimum atomic E-state index is -0.585. The lowest BCUT2D eigenvalue weighted by atomic mass is 10.1. The molecule has 1 rings (SSSR count). The molecule has 0 aromatic heterocycles. The van der Waals surface area contributed by atoms with Gasteiger partial charge in [-0.25, -0.2) is 8.78 Å². The smallest absolute Gasteiger partial charge is 0.224 e. The molecule has 1 aromatic rings. The summed E-state index contributed by atoms with van der Waals surface area (Å²) in [4.78, 5) is 11.5. The van der Waals surface area contributed by atoms with Crippen LogP contribution in [-0.4, -0.2) is 12.5 Å². The van der Waals surface area contributed by atoms with Gasteiger partial charge in [0.2, 0.25) is 5.91 Å². The second-order valence-corrected chi connectivity index (χ2v) is 5.09. The molecule has 0 saturated heterocycles. The first-order valence-corrected chi connectivity index (χ1v) is 6.09. The van der Waals surface area contributed by atoms with Crippen molar-refractivity contribution in [1.82, 2.24) is 5.32 Å². The number of halogens is 3. The second-order valence-electron chi connectivity index (χ2n) is 4.23. The quantitative estimate of drug-likeness (QED) is 0.851. The van der Waals surface area contributed by atoms with Crippen molar-refractivity contribution in [2.45, 2.75) is 20.3 Å². The zero-order valence-corrected chi connectivity index (χ0v) is 11.3. The molecule has 0 radical (unpaired) electrons. The molecule has 0 saturated carbocycles. The normalized spacial score (nSPS) is 10.7. The van der Waals surface area contributed by atoms with Gasteiger partial charge >= 0.3 is 0 Å². The van der Waals surface area contributed by atoms with Gasteiger partial charge in [-0.2, -0.15) is 0 Å². The minimum absolute atomic E-state index is 0.0568. The van der Waals surface area contributed by atoms with E-state index < -0.39 is 11.6 Å². The first kappa shape index (κ1) is 14.1. The Bertz CT molecular complexity index is 421. The first-order valence-electron chi connectivity index (χ1n) is 5.30. The average Bonchev–Trinajstić information content (AvgIpc) is 2.23. The lowest BCUT2D eigenvalue weighted by molar-refractivity contribution is -0.120. The molecule has 17 heavy (non-hydrogen) atoms. The number of benzene rings is 1. The number of carbonyl (C=O) groups is 1. The molecule has 0 aliphatic heterocycles. The van der Waals surface area contributed by atoms with Crippen LogP contribution < -0.4 is 5.32 Å². The molecule has 1 amide bonds. The SMILES string of the molecule is CC(C)CNC(=O)Cc1cc(F)c(Br)cc1F. The Labute approximate surface area is 108 Å². The van der Waals surface area contributed by atoms with E-state index in [-0.39, 0.29) is 22.4 Å². The maximum atomic E-state index is 13.4. The highest BCUT2D eigenvalue weighted by Crippen LogP contribution is 2.20. The minimum Gasteiger partial charge on any atom is -0.356 e. The summed E-state index contributed by atoms with van der Waals surface area (Å²) in [7, 11) is 0. The third-order valence-corrected chi connectivity index (χ3v) is 2.76. The monoisotopic (exact) mass is 305 g/mol. The highest BCUT2D eigenvalue weighted by molar-refractivity contribution is 9.10. The summed E-state index contributed by atoms with van der Waals surface area (Å²) in [5.74, 6) is -1.14. The highest BCUT2D eigenvalue weighted by Gasteiger charge is 2.12. The van der Waals surface area contributed by atoms with Gasteiger partial charge in [0.05, 0.1) is 10.9 Å². The summed E-state index contributed by atoms with van der Waals surface area (Å²) in [5.41, 5.74) is 0.0620. The summed E-state index contributed by atoms with van der Waals surface area (Å²) >= 11 is 2.88. The molecule has 0 aliphatic rings. The Morgan fingerprint density at radius 1 is 1.35 bits per heavy atom. The summed E-state index contributed by atoms with van der Waals surface area (Å²) < 4.78 is 26.6. The van der Waals surface area contributed by atoms with E-state index >= 15 is 0 Å². The van der Waals surface area contributed by atoms with Gasteiger partial charge in [-0.1, -0.05) is 13.8 Å². The van der Waals surface area contributed by atoms with Gasteiger partial charge in [0.15, 0.2) is 0 Å². The number of nitrogens with one attached hydrogen (secondary N) is 1. The fraction of sp³-hybridized carbons (Fsp3) is 0.417. The Morgan fingerprint density at radius 2 is 2.00 bits per heavy atom. The number of rotatable bonds is 4. The topological polar surface area (TPSA) is 29.1 Å². The van der Waals surface area contributed by atoms with Crippen molar-refractivity contribution < 1.29 is 13.6 Å². The van der Waals surface area contributed by atoms with Gasteiger partial charge in [0.1, 0.15) is 11.6 Å². The maximum Gasteiger partial charge on any atom is 0.224 e. The molecular formula is C12H14BrF2NO. The molecule has 5 heteroatoms. The molecule has 2 nitrogen and oxygen atoms in total. The zero-order valence-electron chi connectivity index (χ0n) is 9.69. The number of hydrogen-bond donors (Lipinski definition) is 1. The van der Waals surface area contributed by atoms with Crippen LogP contribution in [0.1, 0.15) is 19.4 Å². The zero-order chi connectivity index (χ0) is 13.0. The lowest BCUT2D eigenvalue weighted by Gasteiger charge is -2.08. The molecule has 0 bridgehead atoms. The van der Waals surface area contributed by atoms with Crippen molar-refractivity contribution in [3.8, 4) is 0 Å². The molecule has 0 unspecified atom stereocenters. The van der Waals surface area contributed by atoms with E-state index in [9.17, 15) is 13.6 Å². The number of hydrogen-bond acceptors (Lipinski definition) is 1. The number of carbonyl (C=O) groups excluding carboxylic acids is 1. The van der Waals surface area contributed by atoms with Gasteiger partial charge in [0, 0.05) is 12.1 Å². The van der Waals surface area contributed by atoms with Crippen molar-refractivity contribution in [2.75, 3.05) is 6.54 Å². The van der Waals surface area contributed by atoms with E-state index in [1.807, 2.05) is 13.8 Å². The summed E-state index contributed by atoms with van der Waals surface area (Å²) in [5, 5.41) is 2.65. The van der Waals surface area contributed by atoms with Crippen LogP contribution in [0.25, 0.3) is 0 Å². The predicted octanol–water partition coefficient (Wildman–Crippen LogP) is 3.04. The van der Waals surface area contributed by atoms with E-state index in [0.717, 1.165) is 12.1 Å². The molecule has 1 aromatic carbocycles. The average molecular weight is 306 g/mol. The Balaban J connectivity index is 2.68. The van der Waals surface area contributed by atoms with Crippen molar-refractivity contribution in [1.29, 1.82) is 0 Å². The summed E-state index contributed by atoms with van der Waals surface area (Å²) in [6.45, 7) is 4.44.